The molecule has 1 unspecified atom stereocenters. The van der Waals surface area contributed by atoms with Gasteiger partial charge in [-0.25, -0.2) is 4.39 Å². The fourth-order valence-electron chi connectivity index (χ4n) is 0.950. The summed E-state index contributed by atoms with van der Waals surface area (Å²) in [5.74, 6) is -0.258. The molecule has 1 aromatic heterocycles. The van der Waals surface area contributed by atoms with Crippen molar-refractivity contribution in [1.29, 1.82) is 0 Å². The Morgan fingerprint density at radius 1 is 1.73 bits per heavy atom. The summed E-state index contributed by atoms with van der Waals surface area (Å²) in [6.07, 6.45) is 1.46. The van der Waals surface area contributed by atoms with E-state index in [1.807, 2.05) is 6.92 Å². The van der Waals surface area contributed by atoms with Crippen molar-refractivity contribution in [3.63, 3.8) is 0 Å². The Bertz CT molecular complexity index is 283. The topological polar surface area (TPSA) is 25.4 Å². The van der Waals surface area contributed by atoms with Crippen LogP contribution in [0.2, 0.25) is 0 Å². The van der Waals surface area contributed by atoms with Crippen LogP contribution in [-0.2, 0) is 10.3 Å². The van der Waals surface area contributed by atoms with Gasteiger partial charge in [0.25, 0.3) is 0 Å². The summed E-state index contributed by atoms with van der Waals surface area (Å²) >= 11 is 0. The summed E-state index contributed by atoms with van der Waals surface area (Å²) < 4.78 is 17.7. The van der Waals surface area contributed by atoms with E-state index in [9.17, 15) is 4.39 Å². The lowest BCUT2D eigenvalue weighted by molar-refractivity contribution is 0.323. The van der Waals surface area contributed by atoms with E-state index in [2.05, 4.69) is 4.98 Å². The van der Waals surface area contributed by atoms with Crippen molar-refractivity contribution < 1.29 is 9.13 Å². The highest BCUT2D eigenvalue weighted by molar-refractivity contribution is 5.17. The monoisotopic (exact) mass is 153 g/mol. The van der Waals surface area contributed by atoms with Gasteiger partial charge in [-0.3, -0.25) is 4.98 Å². The zero-order valence-electron chi connectivity index (χ0n) is 6.17. The molecule has 0 aliphatic carbocycles. The molecule has 1 fully saturated rings. The van der Waals surface area contributed by atoms with Crippen molar-refractivity contribution in [2.75, 3.05) is 6.61 Å². The predicted octanol–water partition coefficient (Wildman–Crippen LogP) is 1.47. The van der Waals surface area contributed by atoms with Crippen LogP contribution in [0.15, 0.2) is 18.3 Å². The SMILES string of the molecule is CC1(c2cc(F)ccn2)CO1. The lowest BCUT2D eigenvalue weighted by Gasteiger charge is -2.02. The minimum Gasteiger partial charge on any atom is -0.363 e. The van der Waals surface area contributed by atoms with E-state index < -0.39 is 0 Å². The largest absolute Gasteiger partial charge is 0.363 e. The van der Waals surface area contributed by atoms with Gasteiger partial charge < -0.3 is 4.74 Å². The third kappa shape index (κ3) is 1.12. The average molecular weight is 153 g/mol. The molecular formula is C8H8FNO. The summed E-state index contributed by atoms with van der Waals surface area (Å²) in [4.78, 5) is 4.01. The highest BCUT2D eigenvalue weighted by atomic mass is 19.1. The maximum atomic E-state index is 12.6. The predicted molar refractivity (Wildman–Crippen MR) is 37.5 cm³/mol. The van der Waals surface area contributed by atoms with Gasteiger partial charge in [0.15, 0.2) is 0 Å². The first-order valence-corrected chi connectivity index (χ1v) is 3.47. The van der Waals surface area contributed by atoms with Crippen LogP contribution >= 0.6 is 0 Å². The van der Waals surface area contributed by atoms with Crippen molar-refractivity contribution in [3.05, 3.63) is 29.8 Å². The fraction of sp³-hybridized carbons (Fsp3) is 0.375. The molecule has 3 heteroatoms. The average Bonchev–Trinajstić information content (AvgIpc) is 2.70. The number of rotatable bonds is 1. The highest BCUT2D eigenvalue weighted by Gasteiger charge is 2.42. The summed E-state index contributed by atoms with van der Waals surface area (Å²) in [5, 5.41) is 0. The summed E-state index contributed by atoms with van der Waals surface area (Å²) in [6, 6.07) is 2.74. The van der Waals surface area contributed by atoms with Gasteiger partial charge in [0.2, 0.25) is 0 Å². The molecule has 0 bridgehead atoms. The second-order valence-corrected chi connectivity index (χ2v) is 2.88. The molecule has 11 heavy (non-hydrogen) atoms. The van der Waals surface area contributed by atoms with Crippen LogP contribution in [-0.4, -0.2) is 11.6 Å². The number of epoxide rings is 1. The second kappa shape index (κ2) is 2.01. The van der Waals surface area contributed by atoms with Gasteiger partial charge in [-0.05, 0) is 19.1 Å². The molecule has 0 aromatic carbocycles. The number of hydrogen-bond acceptors (Lipinski definition) is 2. The minimum atomic E-state index is -0.317. The minimum absolute atomic E-state index is 0.258. The first-order chi connectivity index (χ1) is 5.21. The van der Waals surface area contributed by atoms with Gasteiger partial charge in [-0.15, -0.1) is 0 Å². The van der Waals surface area contributed by atoms with Gasteiger partial charge >= 0.3 is 0 Å². The van der Waals surface area contributed by atoms with E-state index in [4.69, 9.17) is 4.74 Å². The second-order valence-electron chi connectivity index (χ2n) is 2.88. The number of aromatic nitrogens is 1. The Hall–Kier alpha value is -0.960. The van der Waals surface area contributed by atoms with Gasteiger partial charge in [0, 0.05) is 6.20 Å². The van der Waals surface area contributed by atoms with Gasteiger partial charge in [-0.2, -0.15) is 0 Å². The number of halogens is 1. The van der Waals surface area contributed by atoms with Crippen LogP contribution in [0.25, 0.3) is 0 Å². The Morgan fingerprint density at radius 3 is 3.00 bits per heavy atom. The number of nitrogens with zero attached hydrogens (tertiary/aromatic N) is 1. The molecule has 1 aliphatic heterocycles. The lowest BCUT2D eigenvalue weighted by Crippen LogP contribution is -2.04. The first-order valence-electron chi connectivity index (χ1n) is 3.47. The van der Waals surface area contributed by atoms with E-state index in [1.165, 1.54) is 18.3 Å². The molecule has 0 N–H and O–H groups in total. The Kier molecular flexibility index (Phi) is 1.23. The summed E-state index contributed by atoms with van der Waals surface area (Å²) in [5.41, 5.74) is 0.361. The van der Waals surface area contributed by atoms with Gasteiger partial charge in [-0.1, -0.05) is 0 Å². The zero-order chi connectivity index (χ0) is 7.90. The summed E-state index contributed by atoms with van der Waals surface area (Å²) in [6.45, 7) is 2.54. The van der Waals surface area contributed by atoms with Crippen molar-refractivity contribution >= 4 is 0 Å². The van der Waals surface area contributed by atoms with E-state index in [0.717, 1.165) is 0 Å². The molecule has 1 aromatic rings. The molecule has 0 amide bonds. The smallest absolute Gasteiger partial charge is 0.131 e. The maximum absolute atomic E-state index is 12.6. The zero-order valence-corrected chi connectivity index (χ0v) is 6.17. The third-order valence-corrected chi connectivity index (χ3v) is 1.84. The molecule has 0 radical (unpaired) electrons. The van der Waals surface area contributed by atoms with Crippen molar-refractivity contribution in [2.24, 2.45) is 0 Å². The molecule has 1 aliphatic rings. The fourth-order valence-corrected chi connectivity index (χ4v) is 0.950. The van der Waals surface area contributed by atoms with Gasteiger partial charge in [0.05, 0.1) is 12.3 Å². The molecule has 2 heterocycles. The number of ether oxygens (including phenoxy) is 1. The van der Waals surface area contributed by atoms with E-state index in [-0.39, 0.29) is 11.4 Å². The Morgan fingerprint density at radius 2 is 2.45 bits per heavy atom. The Labute approximate surface area is 64.0 Å². The summed E-state index contributed by atoms with van der Waals surface area (Å²) in [7, 11) is 0. The highest BCUT2D eigenvalue weighted by Crippen LogP contribution is 2.36. The van der Waals surface area contributed by atoms with Crippen molar-refractivity contribution in [2.45, 2.75) is 12.5 Å². The molecule has 58 valence electrons. The number of hydrogen-bond donors (Lipinski definition) is 0. The normalized spacial score (nSPS) is 28.5. The standard InChI is InChI=1S/C8H8FNO/c1-8(5-11-8)7-4-6(9)2-3-10-7/h2-4H,5H2,1H3. The molecule has 2 rings (SSSR count). The van der Waals surface area contributed by atoms with Crippen LogP contribution in [0.3, 0.4) is 0 Å². The lowest BCUT2D eigenvalue weighted by atomic mass is 10.1. The van der Waals surface area contributed by atoms with E-state index >= 15 is 0 Å². The molecule has 1 atom stereocenters. The van der Waals surface area contributed by atoms with Crippen LogP contribution in [0, 0.1) is 5.82 Å². The van der Waals surface area contributed by atoms with Crippen molar-refractivity contribution in [1.82, 2.24) is 4.98 Å². The Balaban J connectivity index is 2.38. The molecule has 2 nitrogen and oxygen atoms in total. The van der Waals surface area contributed by atoms with Crippen LogP contribution in [0.1, 0.15) is 12.6 Å². The third-order valence-electron chi connectivity index (χ3n) is 1.84. The van der Waals surface area contributed by atoms with Crippen LogP contribution in [0.5, 0.6) is 0 Å². The van der Waals surface area contributed by atoms with Gasteiger partial charge in [0.1, 0.15) is 11.4 Å². The maximum Gasteiger partial charge on any atom is 0.131 e. The first kappa shape index (κ1) is 6.73. The van der Waals surface area contributed by atoms with Crippen LogP contribution < -0.4 is 0 Å². The molecular weight excluding hydrogens is 145 g/mol. The number of pyridine rings is 1. The molecule has 1 saturated heterocycles. The van der Waals surface area contributed by atoms with E-state index in [1.54, 1.807) is 0 Å². The van der Waals surface area contributed by atoms with Crippen molar-refractivity contribution in [3.8, 4) is 0 Å². The van der Waals surface area contributed by atoms with Crippen LogP contribution in [0.4, 0.5) is 4.39 Å². The molecule has 0 spiro atoms. The van der Waals surface area contributed by atoms with E-state index in [0.29, 0.717) is 12.3 Å². The quantitative estimate of drug-likeness (QED) is 0.571. The molecule has 0 saturated carbocycles.